The molecular formula is C12H16BrClN2O. The maximum atomic E-state index is 11.9. The fourth-order valence-corrected chi connectivity index (χ4v) is 2.05. The molecule has 0 spiro atoms. The molecular weight excluding hydrogens is 304 g/mol. The normalized spacial score (nSPS) is 12.2. The molecule has 0 aliphatic heterocycles. The monoisotopic (exact) mass is 318 g/mol. The van der Waals surface area contributed by atoms with E-state index in [2.05, 4.69) is 33.5 Å². The molecule has 5 heteroatoms. The number of amides is 1. The first-order chi connectivity index (χ1) is 8.04. The molecule has 0 fully saturated rings. The van der Waals surface area contributed by atoms with Crippen molar-refractivity contribution in [2.45, 2.75) is 6.92 Å². The molecule has 0 aliphatic carbocycles. The van der Waals surface area contributed by atoms with Crippen molar-refractivity contribution < 1.29 is 4.79 Å². The zero-order valence-corrected chi connectivity index (χ0v) is 12.2. The lowest BCUT2D eigenvalue weighted by Gasteiger charge is -2.12. The van der Waals surface area contributed by atoms with Gasteiger partial charge in [-0.05, 0) is 53.6 Å². The van der Waals surface area contributed by atoms with E-state index in [1.165, 1.54) is 0 Å². The molecule has 0 aromatic heterocycles. The molecule has 1 aromatic carbocycles. The van der Waals surface area contributed by atoms with Gasteiger partial charge in [-0.15, -0.1) is 0 Å². The second-order valence-electron chi connectivity index (χ2n) is 4.00. The van der Waals surface area contributed by atoms with Crippen LogP contribution in [0, 0.1) is 5.92 Å². The van der Waals surface area contributed by atoms with Gasteiger partial charge in [0.2, 0.25) is 0 Å². The number of nitrogens with one attached hydrogen (secondary N) is 2. The molecule has 0 saturated carbocycles. The van der Waals surface area contributed by atoms with E-state index in [-0.39, 0.29) is 5.91 Å². The van der Waals surface area contributed by atoms with E-state index in [1.807, 2.05) is 7.05 Å². The van der Waals surface area contributed by atoms with E-state index in [0.717, 1.165) is 11.0 Å². The summed E-state index contributed by atoms with van der Waals surface area (Å²) >= 11 is 9.20. The maximum Gasteiger partial charge on any atom is 0.252 e. The lowest BCUT2D eigenvalue weighted by molar-refractivity contribution is 0.0947. The highest BCUT2D eigenvalue weighted by Crippen LogP contribution is 2.20. The Morgan fingerprint density at radius 3 is 2.82 bits per heavy atom. The van der Waals surface area contributed by atoms with Crippen LogP contribution in [0.2, 0.25) is 5.02 Å². The zero-order chi connectivity index (χ0) is 12.8. The van der Waals surface area contributed by atoms with Gasteiger partial charge >= 0.3 is 0 Å². The average Bonchev–Trinajstić information content (AvgIpc) is 2.29. The number of rotatable bonds is 5. The third-order valence-corrected chi connectivity index (χ3v) is 3.26. The van der Waals surface area contributed by atoms with Gasteiger partial charge < -0.3 is 10.6 Å². The molecule has 1 atom stereocenters. The first-order valence-electron chi connectivity index (χ1n) is 5.42. The summed E-state index contributed by atoms with van der Waals surface area (Å²) in [5, 5.41) is 6.51. The second kappa shape index (κ2) is 6.99. The van der Waals surface area contributed by atoms with Gasteiger partial charge in [-0.2, -0.15) is 0 Å². The van der Waals surface area contributed by atoms with Crippen LogP contribution in [0.25, 0.3) is 0 Å². The minimum atomic E-state index is -0.109. The number of carbonyl (C=O) groups excluding carboxylic acids is 1. The molecule has 1 unspecified atom stereocenters. The highest BCUT2D eigenvalue weighted by atomic mass is 79.9. The Hall–Kier alpha value is -0.580. The van der Waals surface area contributed by atoms with Gasteiger partial charge in [-0.3, -0.25) is 4.79 Å². The van der Waals surface area contributed by atoms with E-state index in [0.29, 0.717) is 23.0 Å². The minimum absolute atomic E-state index is 0.109. The summed E-state index contributed by atoms with van der Waals surface area (Å²) < 4.78 is 0.751. The van der Waals surface area contributed by atoms with Gasteiger partial charge in [0, 0.05) is 16.0 Å². The quantitative estimate of drug-likeness (QED) is 0.876. The number of carbonyl (C=O) groups is 1. The molecule has 1 amide bonds. The summed E-state index contributed by atoms with van der Waals surface area (Å²) in [6.07, 6.45) is 0. The fourth-order valence-electron chi connectivity index (χ4n) is 1.45. The van der Waals surface area contributed by atoms with Gasteiger partial charge in [0.15, 0.2) is 0 Å². The molecule has 0 saturated heterocycles. The summed E-state index contributed by atoms with van der Waals surface area (Å²) in [6, 6.07) is 5.17. The van der Waals surface area contributed by atoms with Crippen molar-refractivity contribution in [3.8, 4) is 0 Å². The fraction of sp³-hybridized carbons (Fsp3) is 0.417. The first-order valence-corrected chi connectivity index (χ1v) is 6.59. The van der Waals surface area contributed by atoms with Crippen molar-refractivity contribution in [3.63, 3.8) is 0 Å². The average molecular weight is 320 g/mol. The Morgan fingerprint density at radius 2 is 2.18 bits per heavy atom. The Morgan fingerprint density at radius 1 is 1.47 bits per heavy atom. The summed E-state index contributed by atoms with van der Waals surface area (Å²) in [4.78, 5) is 11.9. The van der Waals surface area contributed by atoms with Crippen LogP contribution in [-0.4, -0.2) is 26.0 Å². The van der Waals surface area contributed by atoms with Crippen LogP contribution in [0.3, 0.4) is 0 Å². The van der Waals surface area contributed by atoms with Crippen molar-refractivity contribution in [1.82, 2.24) is 10.6 Å². The van der Waals surface area contributed by atoms with Crippen molar-refractivity contribution in [2.24, 2.45) is 5.92 Å². The lowest BCUT2D eigenvalue weighted by Crippen LogP contribution is -2.32. The largest absolute Gasteiger partial charge is 0.352 e. The lowest BCUT2D eigenvalue weighted by atomic mass is 10.1. The smallest absolute Gasteiger partial charge is 0.252 e. The van der Waals surface area contributed by atoms with E-state index in [9.17, 15) is 4.79 Å². The van der Waals surface area contributed by atoms with E-state index < -0.39 is 0 Å². The standard InChI is InChI=1S/C12H16BrClN2O/c1-8(6-15-2)7-16-12(17)10-5-9(14)3-4-11(10)13/h3-5,8,15H,6-7H2,1-2H3,(H,16,17). The van der Waals surface area contributed by atoms with Crippen molar-refractivity contribution in [3.05, 3.63) is 33.3 Å². The van der Waals surface area contributed by atoms with Gasteiger partial charge in [0.1, 0.15) is 0 Å². The first kappa shape index (κ1) is 14.5. The van der Waals surface area contributed by atoms with Gasteiger partial charge in [-0.1, -0.05) is 18.5 Å². The van der Waals surface area contributed by atoms with Crippen molar-refractivity contribution >= 4 is 33.4 Å². The van der Waals surface area contributed by atoms with Crippen LogP contribution in [-0.2, 0) is 0 Å². The molecule has 2 N–H and O–H groups in total. The Balaban J connectivity index is 2.61. The minimum Gasteiger partial charge on any atom is -0.352 e. The number of benzene rings is 1. The molecule has 94 valence electrons. The van der Waals surface area contributed by atoms with E-state index >= 15 is 0 Å². The van der Waals surface area contributed by atoms with Crippen LogP contribution in [0.1, 0.15) is 17.3 Å². The molecule has 17 heavy (non-hydrogen) atoms. The summed E-state index contributed by atoms with van der Waals surface area (Å²) in [7, 11) is 1.89. The van der Waals surface area contributed by atoms with Crippen LogP contribution < -0.4 is 10.6 Å². The molecule has 1 rings (SSSR count). The molecule has 1 aromatic rings. The van der Waals surface area contributed by atoms with E-state index in [4.69, 9.17) is 11.6 Å². The van der Waals surface area contributed by atoms with Gasteiger partial charge in [0.05, 0.1) is 5.56 Å². The topological polar surface area (TPSA) is 41.1 Å². The van der Waals surface area contributed by atoms with Crippen molar-refractivity contribution in [2.75, 3.05) is 20.1 Å². The Bertz CT molecular complexity index is 398. The van der Waals surface area contributed by atoms with Gasteiger partial charge in [0.25, 0.3) is 5.91 Å². The number of hydrogen-bond donors (Lipinski definition) is 2. The predicted molar refractivity (Wildman–Crippen MR) is 74.6 cm³/mol. The third-order valence-electron chi connectivity index (χ3n) is 2.34. The molecule has 3 nitrogen and oxygen atoms in total. The second-order valence-corrected chi connectivity index (χ2v) is 5.29. The molecule has 0 heterocycles. The highest BCUT2D eigenvalue weighted by molar-refractivity contribution is 9.10. The van der Waals surface area contributed by atoms with Gasteiger partial charge in [-0.25, -0.2) is 0 Å². The highest BCUT2D eigenvalue weighted by Gasteiger charge is 2.11. The zero-order valence-electron chi connectivity index (χ0n) is 9.89. The van der Waals surface area contributed by atoms with E-state index in [1.54, 1.807) is 18.2 Å². The molecule has 0 aliphatic rings. The van der Waals surface area contributed by atoms with Crippen molar-refractivity contribution in [1.29, 1.82) is 0 Å². The Kier molecular flexibility index (Phi) is 5.95. The number of hydrogen-bond acceptors (Lipinski definition) is 2. The third kappa shape index (κ3) is 4.66. The predicted octanol–water partition coefficient (Wildman–Crippen LogP) is 2.69. The van der Waals surface area contributed by atoms with Crippen LogP contribution >= 0.6 is 27.5 Å². The Labute approximate surface area is 115 Å². The van der Waals surface area contributed by atoms with Crippen LogP contribution in [0.15, 0.2) is 22.7 Å². The molecule has 0 bridgehead atoms. The summed E-state index contributed by atoms with van der Waals surface area (Å²) in [5.74, 6) is 0.282. The van der Waals surface area contributed by atoms with Crippen LogP contribution in [0.4, 0.5) is 0 Å². The summed E-state index contributed by atoms with van der Waals surface area (Å²) in [6.45, 7) is 3.58. The number of halogens is 2. The van der Waals surface area contributed by atoms with Crippen LogP contribution in [0.5, 0.6) is 0 Å². The molecule has 0 radical (unpaired) electrons. The maximum absolute atomic E-state index is 11.9. The summed E-state index contributed by atoms with van der Waals surface area (Å²) in [5.41, 5.74) is 0.564. The SMILES string of the molecule is CNCC(C)CNC(=O)c1cc(Cl)ccc1Br.